The van der Waals surface area contributed by atoms with Crippen LogP contribution in [-0.2, 0) is 43.1 Å². The molecule has 0 fully saturated rings. The van der Waals surface area contributed by atoms with Crippen molar-refractivity contribution < 1.29 is 23.9 Å². The SMILES string of the molecule is CCCCCCCCc1ccc2c(c1)CC[C@H](C(NC(C)=O)(C(=O)OCC)C(=O)OCC)C2. The first kappa shape index (κ1) is 26.9. The molecule has 0 radical (unpaired) electrons. The predicted octanol–water partition coefficient (Wildman–Crippen LogP) is 4.70. The monoisotopic (exact) mass is 459 g/mol. The Bertz CT molecular complexity index is 786. The molecule has 0 saturated heterocycles. The molecule has 1 aromatic rings. The van der Waals surface area contributed by atoms with Crippen molar-refractivity contribution in [3.63, 3.8) is 0 Å². The lowest BCUT2D eigenvalue weighted by molar-refractivity contribution is -0.172. The maximum absolute atomic E-state index is 13.1. The molecule has 1 aliphatic carbocycles. The van der Waals surface area contributed by atoms with Crippen molar-refractivity contribution in [1.29, 1.82) is 0 Å². The highest BCUT2D eigenvalue weighted by Gasteiger charge is 2.56. The highest BCUT2D eigenvalue weighted by Crippen LogP contribution is 2.35. The van der Waals surface area contributed by atoms with E-state index in [9.17, 15) is 14.4 Å². The number of nitrogens with one attached hydrogen (secondary N) is 1. The van der Waals surface area contributed by atoms with E-state index in [0.29, 0.717) is 12.8 Å². The van der Waals surface area contributed by atoms with Crippen LogP contribution >= 0.6 is 0 Å². The van der Waals surface area contributed by atoms with E-state index in [0.717, 1.165) is 18.4 Å². The molecular formula is C27H41NO5. The van der Waals surface area contributed by atoms with Crippen molar-refractivity contribution >= 4 is 17.8 Å². The Kier molecular flexibility index (Phi) is 10.9. The number of esters is 2. The average molecular weight is 460 g/mol. The van der Waals surface area contributed by atoms with Crippen LogP contribution in [0.15, 0.2) is 18.2 Å². The fourth-order valence-electron chi connectivity index (χ4n) is 4.83. The number of aryl methyl sites for hydroxylation is 2. The minimum absolute atomic E-state index is 0.116. The minimum Gasteiger partial charge on any atom is -0.464 e. The van der Waals surface area contributed by atoms with Gasteiger partial charge in [-0.25, -0.2) is 9.59 Å². The van der Waals surface area contributed by atoms with Gasteiger partial charge in [-0.2, -0.15) is 0 Å². The number of amides is 1. The number of carbonyl (C=O) groups excluding carboxylic acids is 3. The lowest BCUT2D eigenvalue weighted by Crippen LogP contribution is -2.66. The molecule has 1 amide bonds. The van der Waals surface area contributed by atoms with Crippen molar-refractivity contribution in [2.24, 2.45) is 5.92 Å². The van der Waals surface area contributed by atoms with Crippen LogP contribution in [0.1, 0.15) is 89.3 Å². The minimum atomic E-state index is -1.83. The normalized spacial score (nSPS) is 15.5. The van der Waals surface area contributed by atoms with Crippen LogP contribution in [0.5, 0.6) is 0 Å². The van der Waals surface area contributed by atoms with Crippen molar-refractivity contribution in [3.8, 4) is 0 Å². The molecule has 0 saturated carbocycles. The highest BCUT2D eigenvalue weighted by molar-refractivity contribution is 6.08. The summed E-state index contributed by atoms with van der Waals surface area (Å²) in [6, 6.07) is 6.54. The van der Waals surface area contributed by atoms with Gasteiger partial charge in [-0.1, -0.05) is 57.2 Å². The van der Waals surface area contributed by atoms with E-state index in [2.05, 4.69) is 30.4 Å². The third-order valence-electron chi connectivity index (χ3n) is 6.50. The largest absolute Gasteiger partial charge is 0.464 e. The van der Waals surface area contributed by atoms with Crippen molar-refractivity contribution in [1.82, 2.24) is 5.32 Å². The third-order valence-corrected chi connectivity index (χ3v) is 6.50. The van der Waals surface area contributed by atoms with Crippen LogP contribution in [0.25, 0.3) is 0 Å². The predicted molar refractivity (Wildman–Crippen MR) is 129 cm³/mol. The molecule has 1 atom stereocenters. The fourth-order valence-corrected chi connectivity index (χ4v) is 4.83. The highest BCUT2D eigenvalue weighted by atomic mass is 16.6. The molecule has 184 valence electrons. The number of ether oxygens (including phenoxy) is 2. The summed E-state index contributed by atoms with van der Waals surface area (Å²) in [7, 11) is 0. The summed E-state index contributed by atoms with van der Waals surface area (Å²) >= 11 is 0. The Balaban J connectivity index is 2.19. The molecule has 0 spiro atoms. The Morgan fingerprint density at radius 3 is 2.18 bits per heavy atom. The number of hydrogen-bond donors (Lipinski definition) is 1. The van der Waals surface area contributed by atoms with Crippen LogP contribution in [0.2, 0.25) is 0 Å². The summed E-state index contributed by atoms with van der Waals surface area (Å²) in [5.41, 5.74) is 1.89. The molecule has 6 heteroatoms. The van der Waals surface area contributed by atoms with Crippen LogP contribution in [0, 0.1) is 5.92 Å². The van der Waals surface area contributed by atoms with E-state index < -0.39 is 29.3 Å². The van der Waals surface area contributed by atoms with Gasteiger partial charge in [0.05, 0.1) is 13.2 Å². The van der Waals surface area contributed by atoms with Crippen LogP contribution < -0.4 is 5.32 Å². The molecule has 1 N–H and O–H groups in total. The number of fused-ring (bicyclic) bond motifs is 1. The first-order chi connectivity index (χ1) is 15.9. The summed E-state index contributed by atoms with van der Waals surface area (Å²) in [5.74, 6) is -2.38. The number of benzene rings is 1. The molecule has 0 aromatic heterocycles. The molecule has 1 aliphatic rings. The molecule has 0 bridgehead atoms. The number of hydrogen-bond acceptors (Lipinski definition) is 5. The smallest absolute Gasteiger partial charge is 0.344 e. The summed E-state index contributed by atoms with van der Waals surface area (Å²) in [6.45, 7) is 7.14. The van der Waals surface area contributed by atoms with Gasteiger partial charge in [0, 0.05) is 12.8 Å². The molecule has 6 nitrogen and oxygen atoms in total. The summed E-state index contributed by atoms with van der Waals surface area (Å²) in [6.07, 6.45) is 10.6. The van der Waals surface area contributed by atoms with E-state index >= 15 is 0 Å². The second-order valence-corrected chi connectivity index (χ2v) is 8.99. The van der Waals surface area contributed by atoms with E-state index in [4.69, 9.17) is 9.47 Å². The van der Waals surface area contributed by atoms with Gasteiger partial charge in [-0.05, 0) is 62.6 Å². The molecule has 0 unspecified atom stereocenters. The Hall–Kier alpha value is -2.37. The first-order valence-electron chi connectivity index (χ1n) is 12.6. The Morgan fingerprint density at radius 2 is 1.58 bits per heavy atom. The second-order valence-electron chi connectivity index (χ2n) is 8.99. The van der Waals surface area contributed by atoms with Gasteiger partial charge < -0.3 is 14.8 Å². The van der Waals surface area contributed by atoms with Crippen LogP contribution in [0.4, 0.5) is 0 Å². The maximum atomic E-state index is 13.1. The van der Waals surface area contributed by atoms with Gasteiger partial charge >= 0.3 is 11.9 Å². The van der Waals surface area contributed by atoms with Crippen LogP contribution in [0.3, 0.4) is 0 Å². The molecule has 1 aromatic carbocycles. The summed E-state index contributed by atoms with van der Waals surface area (Å²) in [4.78, 5) is 38.2. The molecule has 0 aliphatic heterocycles. The lowest BCUT2D eigenvalue weighted by atomic mass is 9.72. The Morgan fingerprint density at radius 1 is 0.939 bits per heavy atom. The van der Waals surface area contributed by atoms with E-state index in [-0.39, 0.29) is 13.2 Å². The van der Waals surface area contributed by atoms with Crippen molar-refractivity contribution in [2.75, 3.05) is 13.2 Å². The summed E-state index contributed by atoms with van der Waals surface area (Å²) in [5, 5.41) is 2.64. The van der Waals surface area contributed by atoms with E-state index in [1.165, 1.54) is 56.6 Å². The first-order valence-corrected chi connectivity index (χ1v) is 12.6. The topological polar surface area (TPSA) is 81.7 Å². The molecule has 33 heavy (non-hydrogen) atoms. The average Bonchev–Trinajstić information content (AvgIpc) is 2.79. The van der Waals surface area contributed by atoms with Gasteiger partial charge in [-0.15, -0.1) is 0 Å². The van der Waals surface area contributed by atoms with Gasteiger partial charge in [0.25, 0.3) is 0 Å². The molecule has 0 heterocycles. The zero-order valence-corrected chi connectivity index (χ0v) is 20.8. The molecular weight excluding hydrogens is 418 g/mol. The maximum Gasteiger partial charge on any atom is 0.344 e. The van der Waals surface area contributed by atoms with Crippen LogP contribution in [-0.4, -0.2) is 36.6 Å². The van der Waals surface area contributed by atoms with Gasteiger partial charge in [-0.3, -0.25) is 4.79 Å². The second kappa shape index (κ2) is 13.4. The number of rotatable bonds is 13. The zero-order valence-electron chi connectivity index (χ0n) is 20.8. The zero-order chi connectivity index (χ0) is 24.3. The van der Waals surface area contributed by atoms with Gasteiger partial charge in [0.1, 0.15) is 0 Å². The van der Waals surface area contributed by atoms with Gasteiger partial charge in [0.2, 0.25) is 11.4 Å². The molecule has 2 rings (SSSR count). The standard InChI is InChI=1S/C27H41NO5/c1-5-8-9-10-11-12-13-21-14-15-23-19-24(17-16-22(23)18-21)27(28-20(4)29,25(30)32-6-2)26(31)33-7-3/h14-15,18,24H,5-13,16-17,19H2,1-4H3,(H,28,29)/t24-/m0/s1. The van der Waals surface area contributed by atoms with Gasteiger partial charge in [0.15, 0.2) is 0 Å². The van der Waals surface area contributed by atoms with E-state index in [1.54, 1.807) is 13.8 Å². The Labute approximate surface area is 198 Å². The fraction of sp³-hybridized carbons (Fsp3) is 0.667. The van der Waals surface area contributed by atoms with Crippen molar-refractivity contribution in [3.05, 3.63) is 34.9 Å². The third kappa shape index (κ3) is 7.05. The lowest BCUT2D eigenvalue weighted by Gasteiger charge is -2.39. The van der Waals surface area contributed by atoms with E-state index in [1.807, 2.05) is 0 Å². The quantitative estimate of drug-likeness (QED) is 0.263. The number of unbranched alkanes of at least 4 members (excludes halogenated alkanes) is 5. The summed E-state index contributed by atoms with van der Waals surface area (Å²) < 4.78 is 10.5. The number of carbonyl (C=O) groups is 3. The van der Waals surface area contributed by atoms with Crippen molar-refractivity contribution in [2.45, 2.75) is 97.4 Å².